The molecule has 0 spiro atoms. The Labute approximate surface area is 115 Å². The Morgan fingerprint density at radius 2 is 1.67 bits per heavy atom. The van der Waals surface area contributed by atoms with E-state index in [1.807, 2.05) is 0 Å². The lowest BCUT2D eigenvalue weighted by Crippen LogP contribution is -1.99. The zero-order chi connectivity index (χ0) is 15.6. The fraction of sp³-hybridized carbons (Fsp3) is 0. The molecule has 108 valence electrons. The molecule has 0 saturated carbocycles. The predicted octanol–water partition coefficient (Wildman–Crippen LogP) is 3.57. The van der Waals surface area contributed by atoms with E-state index in [1.165, 1.54) is 0 Å². The van der Waals surface area contributed by atoms with Gasteiger partial charge >= 0.3 is 11.4 Å². The van der Waals surface area contributed by atoms with Gasteiger partial charge in [0.25, 0.3) is 0 Å². The molecule has 0 aliphatic carbocycles. The van der Waals surface area contributed by atoms with Crippen LogP contribution in [0.1, 0.15) is 0 Å². The Morgan fingerprint density at radius 1 is 0.952 bits per heavy atom. The van der Waals surface area contributed by atoms with E-state index in [0.717, 1.165) is 30.3 Å². The first-order valence-corrected chi connectivity index (χ1v) is 5.45. The number of benzene rings is 2. The maximum atomic E-state index is 13.4. The highest BCUT2D eigenvalue weighted by molar-refractivity contribution is 5.53. The van der Waals surface area contributed by atoms with Crippen molar-refractivity contribution < 1.29 is 23.4 Å². The molecule has 2 rings (SSSR count). The van der Waals surface area contributed by atoms with Crippen LogP contribution >= 0.6 is 0 Å². The average Bonchev–Trinajstić information content (AvgIpc) is 2.37. The Balaban J connectivity index is 2.53. The summed E-state index contributed by atoms with van der Waals surface area (Å²) in [6, 6.07) is 5.39. The van der Waals surface area contributed by atoms with Crippen LogP contribution in [-0.2, 0) is 0 Å². The van der Waals surface area contributed by atoms with Crippen molar-refractivity contribution in [3.05, 3.63) is 68.3 Å². The Hall–Kier alpha value is -3.10. The third-order valence-corrected chi connectivity index (χ3v) is 2.47. The number of ether oxygens (including phenoxy) is 1. The van der Waals surface area contributed by atoms with E-state index in [1.54, 1.807) is 0 Å². The first-order valence-electron chi connectivity index (χ1n) is 5.45. The van der Waals surface area contributed by atoms with Crippen molar-refractivity contribution in [2.24, 2.45) is 0 Å². The van der Waals surface area contributed by atoms with Gasteiger partial charge in [-0.1, -0.05) is 6.07 Å². The second-order valence-corrected chi connectivity index (χ2v) is 3.81. The second kappa shape index (κ2) is 5.49. The van der Waals surface area contributed by atoms with E-state index >= 15 is 0 Å². The number of nitro groups is 2. The SMILES string of the molecule is O=[N+]([O-])c1ccc(F)cc1Oc1cccc(F)c1[N+](=O)[O-]. The summed E-state index contributed by atoms with van der Waals surface area (Å²) in [5, 5.41) is 21.6. The summed E-state index contributed by atoms with van der Waals surface area (Å²) < 4.78 is 31.5. The van der Waals surface area contributed by atoms with Crippen molar-refractivity contribution >= 4 is 11.4 Å². The first kappa shape index (κ1) is 14.3. The third-order valence-electron chi connectivity index (χ3n) is 2.47. The number of rotatable bonds is 4. The van der Waals surface area contributed by atoms with Crippen LogP contribution in [0.5, 0.6) is 11.5 Å². The van der Waals surface area contributed by atoms with Crippen molar-refractivity contribution in [2.45, 2.75) is 0 Å². The van der Waals surface area contributed by atoms with Crippen molar-refractivity contribution in [3.8, 4) is 11.5 Å². The Morgan fingerprint density at radius 3 is 2.29 bits per heavy atom. The van der Waals surface area contributed by atoms with E-state index in [2.05, 4.69) is 0 Å². The smallest absolute Gasteiger partial charge is 0.346 e. The molecule has 21 heavy (non-hydrogen) atoms. The lowest BCUT2D eigenvalue weighted by Gasteiger charge is -2.07. The number of nitro benzene ring substituents is 2. The van der Waals surface area contributed by atoms with Crippen LogP contribution in [0, 0.1) is 31.9 Å². The van der Waals surface area contributed by atoms with Gasteiger partial charge in [0.05, 0.1) is 9.85 Å². The van der Waals surface area contributed by atoms with Gasteiger partial charge in [0.15, 0.2) is 0 Å². The van der Waals surface area contributed by atoms with Gasteiger partial charge in [-0.05, 0) is 18.2 Å². The van der Waals surface area contributed by atoms with Crippen LogP contribution in [0.25, 0.3) is 0 Å². The maximum absolute atomic E-state index is 13.4. The molecule has 9 heteroatoms. The lowest BCUT2D eigenvalue weighted by atomic mass is 10.2. The summed E-state index contributed by atoms with van der Waals surface area (Å²) in [7, 11) is 0. The second-order valence-electron chi connectivity index (χ2n) is 3.81. The molecule has 0 radical (unpaired) electrons. The molecule has 0 atom stereocenters. The molecule has 0 unspecified atom stereocenters. The van der Waals surface area contributed by atoms with E-state index in [-0.39, 0.29) is 0 Å². The normalized spacial score (nSPS) is 10.2. The number of hydrogen-bond donors (Lipinski definition) is 0. The van der Waals surface area contributed by atoms with E-state index < -0.39 is 44.4 Å². The minimum absolute atomic E-state index is 0.561. The minimum Gasteiger partial charge on any atom is -0.443 e. The third kappa shape index (κ3) is 2.91. The highest BCUT2D eigenvalue weighted by Crippen LogP contribution is 2.37. The molecule has 0 amide bonds. The lowest BCUT2D eigenvalue weighted by molar-refractivity contribution is -0.389. The standard InChI is InChI=1S/C12H6F2N2O5/c13-7-4-5-9(15(17)18)11(6-7)21-10-3-1-2-8(14)12(10)16(19)20/h1-6H. The van der Waals surface area contributed by atoms with Gasteiger partial charge in [-0.2, -0.15) is 4.39 Å². The van der Waals surface area contributed by atoms with Crippen LogP contribution in [-0.4, -0.2) is 9.85 Å². The molecule has 0 saturated heterocycles. The Bertz CT molecular complexity index is 736. The molecule has 7 nitrogen and oxygen atoms in total. The quantitative estimate of drug-likeness (QED) is 0.634. The minimum atomic E-state index is -1.17. The van der Waals surface area contributed by atoms with Gasteiger partial charge in [-0.25, -0.2) is 4.39 Å². The zero-order valence-corrected chi connectivity index (χ0v) is 10.2. The van der Waals surface area contributed by atoms with Crippen LogP contribution in [0.4, 0.5) is 20.2 Å². The van der Waals surface area contributed by atoms with Gasteiger partial charge < -0.3 is 4.74 Å². The molecule has 0 fully saturated rings. The van der Waals surface area contributed by atoms with Crippen molar-refractivity contribution in [1.29, 1.82) is 0 Å². The van der Waals surface area contributed by atoms with Gasteiger partial charge in [0.2, 0.25) is 17.3 Å². The fourth-order valence-corrected chi connectivity index (χ4v) is 1.59. The van der Waals surface area contributed by atoms with E-state index in [4.69, 9.17) is 4.74 Å². The molecule has 0 bridgehead atoms. The molecular formula is C12H6F2N2O5. The highest BCUT2D eigenvalue weighted by atomic mass is 19.1. The molecular weight excluding hydrogens is 290 g/mol. The summed E-state index contributed by atoms with van der Waals surface area (Å²) in [5.74, 6) is -3.13. The Kier molecular flexibility index (Phi) is 3.74. The largest absolute Gasteiger partial charge is 0.443 e. The zero-order valence-electron chi connectivity index (χ0n) is 10.2. The summed E-state index contributed by atoms with van der Waals surface area (Å²) >= 11 is 0. The maximum Gasteiger partial charge on any atom is 0.346 e. The predicted molar refractivity (Wildman–Crippen MR) is 66.2 cm³/mol. The highest BCUT2D eigenvalue weighted by Gasteiger charge is 2.24. The van der Waals surface area contributed by atoms with Gasteiger partial charge in [-0.15, -0.1) is 0 Å². The van der Waals surface area contributed by atoms with Crippen molar-refractivity contribution in [2.75, 3.05) is 0 Å². The summed E-state index contributed by atoms with van der Waals surface area (Å²) in [6.07, 6.45) is 0. The monoisotopic (exact) mass is 296 g/mol. The average molecular weight is 296 g/mol. The van der Waals surface area contributed by atoms with E-state index in [9.17, 15) is 29.0 Å². The molecule has 0 N–H and O–H groups in total. The fourth-order valence-electron chi connectivity index (χ4n) is 1.59. The van der Waals surface area contributed by atoms with Crippen molar-refractivity contribution in [1.82, 2.24) is 0 Å². The van der Waals surface area contributed by atoms with Gasteiger partial charge in [0.1, 0.15) is 5.82 Å². The summed E-state index contributed by atoms with van der Waals surface area (Å²) in [5.41, 5.74) is -1.59. The molecule has 2 aromatic carbocycles. The summed E-state index contributed by atoms with van der Waals surface area (Å²) in [6.45, 7) is 0. The van der Waals surface area contributed by atoms with Crippen molar-refractivity contribution in [3.63, 3.8) is 0 Å². The number of para-hydroxylation sites is 1. The van der Waals surface area contributed by atoms with E-state index in [0.29, 0.717) is 6.07 Å². The molecule has 2 aromatic rings. The van der Waals surface area contributed by atoms with Crippen LogP contribution in [0.15, 0.2) is 36.4 Å². The molecule has 0 heterocycles. The van der Waals surface area contributed by atoms with Gasteiger partial charge in [-0.3, -0.25) is 20.2 Å². The number of hydrogen-bond acceptors (Lipinski definition) is 5. The molecule has 0 aliphatic rings. The summed E-state index contributed by atoms with van der Waals surface area (Å²) in [4.78, 5) is 19.7. The topological polar surface area (TPSA) is 95.5 Å². The molecule has 0 aromatic heterocycles. The van der Waals surface area contributed by atoms with Crippen LogP contribution < -0.4 is 4.74 Å². The van der Waals surface area contributed by atoms with Crippen LogP contribution in [0.3, 0.4) is 0 Å². The molecule has 0 aliphatic heterocycles. The van der Waals surface area contributed by atoms with Crippen LogP contribution in [0.2, 0.25) is 0 Å². The first-order chi connectivity index (χ1) is 9.90. The van der Waals surface area contributed by atoms with Gasteiger partial charge in [0, 0.05) is 12.1 Å². The number of nitrogens with zero attached hydrogens (tertiary/aromatic N) is 2. The number of halogens is 2.